The van der Waals surface area contributed by atoms with E-state index < -0.39 is 0 Å². The zero-order chi connectivity index (χ0) is 15.3. The van der Waals surface area contributed by atoms with Crippen molar-refractivity contribution in [2.75, 3.05) is 26.2 Å². The number of carbonyl (C=O) groups excluding carboxylic acids is 1. The highest BCUT2D eigenvalue weighted by Crippen LogP contribution is 2.34. The van der Waals surface area contributed by atoms with E-state index in [4.69, 9.17) is 0 Å². The number of urea groups is 1. The number of likely N-dealkylation sites (tertiary alicyclic amines) is 1. The number of rotatable bonds is 5. The highest BCUT2D eigenvalue weighted by Gasteiger charge is 2.33. The molecule has 1 aromatic rings. The summed E-state index contributed by atoms with van der Waals surface area (Å²) in [5.74, 6) is 0.345. The van der Waals surface area contributed by atoms with Gasteiger partial charge in [0.2, 0.25) is 0 Å². The SMILES string of the molecule is CCC1(CO)CCN(C(=O)NC[C@@H](C)c2ccsc2)CC1. The van der Waals surface area contributed by atoms with Gasteiger partial charge in [-0.25, -0.2) is 4.79 Å². The van der Waals surface area contributed by atoms with Gasteiger partial charge in [-0.05, 0) is 53.0 Å². The molecule has 1 saturated heterocycles. The maximum absolute atomic E-state index is 12.2. The maximum Gasteiger partial charge on any atom is 0.317 e. The Balaban J connectivity index is 1.77. The lowest BCUT2D eigenvalue weighted by atomic mass is 9.77. The van der Waals surface area contributed by atoms with Crippen molar-refractivity contribution in [3.05, 3.63) is 22.4 Å². The first-order valence-corrected chi connectivity index (χ1v) is 8.70. The molecular formula is C16H26N2O2S. The van der Waals surface area contributed by atoms with E-state index in [0.29, 0.717) is 12.5 Å². The molecule has 1 atom stereocenters. The number of hydrogen-bond donors (Lipinski definition) is 2. The van der Waals surface area contributed by atoms with Crippen LogP contribution in [-0.4, -0.2) is 42.3 Å². The molecule has 2 amide bonds. The van der Waals surface area contributed by atoms with E-state index >= 15 is 0 Å². The van der Waals surface area contributed by atoms with Crippen molar-refractivity contribution >= 4 is 17.4 Å². The number of aliphatic hydroxyl groups excluding tert-OH is 1. The van der Waals surface area contributed by atoms with Crippen LogP contribution >= 0.6 is 11.3 Å². The van der Waals surface area contributed by atoms with Gasteiger partial charge in [0.1, 0.15) is 0 Å². The number of aliphatic hydroxyl groups is 1. The third kappa shape index (κ3) is 3.98. The summed E-state index contributed by atoms with van der Waals surface area (Å²) in [6.07, 6.45) is 2.77. The predicted octanol–water partition coefficient (Wildman–Crippen LogP) is 3.05. The van der Waals surface area contributed by atoms with Crippen LogP contribution in [0.15, 0.2) is 16.8 Å². The number of nitrogens with one attached hydrogen (secondary N) is 1. The minimum absolute atomic E-state index is 0.0275. The standard InChI is InChI=1S/C16H26N2O2S/c1-3-16(12-19)5-7-18(8-6-16)15(20)17-10-13(2)14-4-9-21-11-14/h4,9,11,13,19H,3,5-8,10,12H2,1-2H3,(H,17,20)/t13-/m1/s1. The number of nitrogens with zero attached hydrogens (tertiary/aromatic N) is 1. The molecule has 2 N–H and O–H groups in total. The lowest BCUT2D eigenvalue weighted by molar-refractivity contribution is 0.0519. The molecule has 2 heterocycles. The largest absolute Gasteiger partial charge is 0.396 e. The summed E-state index contributed by atoms with van der Waals surface area (Å²) in [7, 11) is 0. The average Bonchev–Trinajstić information content (AvgIpc) is 3.07. The third-order valence-electron chi connectivity index (χ3n) is 4.87. The Kier molecular flexibility index (Phi) is 5.65. The third-order valence-corrected chi connectivity index (χ3v) is 5.57. The molecule has 1 fully saturated rings. The lowest BCUT2D eigenvalue weighted by Crippen LogP contribution is -2.48. The quantitative estimate of drug-likeness (QED) is 0.878. The number of hydrogen-bond acceptors (Lipinski definition) is 3. The van der Waals surface area contributed by atoms with Gasteiger partial charge >= 0.3 is 6.03 Å². The van der Waals surface area contributed by atoms with E-state index in [2.05, 4.69) is 36.0 Å². The van der Waals surface area contributed by atoms with Crippen molar-refractivity contribution in [1.82, 2.24) is 10.2 Å². The smallest absolute Gasteiger partial charge is 0.317 e. The van der Waals surface area contributed by atoms with E-state index in [1.807, 2.05) is 4.90 Å². The van der Waals surface area contributed by atoms with E-state index in [-0.39, 0.29) is 18.1 Å². The zero-order valence-electron chi connectivity index (χ0n) is 13.0. The normalized spacial score (nSPS) is 19.3. The molecule has 1 aliphatic heterocycles. The highest BCUT2D eigenvalue weighted by molar-refractivity contribution is 7.07. The Bertz CT molecular complexity index is 433. The first-order valence-electron chi connectivity index (χ1n) is 7.76. The van der Waals surface area contributed by atoms with Crippen molar-refractivity contribution in [3.8, 4) is 0 Å². The van der Waals surface area contributed by atoms with Crippen molar-refractivity contribution < 1.29 is 9.90 Å². The molecule has 0 bridgehead atoms. The van der Waals surface area contributed by atoms with Gasteiger partial charge in [-0.1, -0.05) is 13.8 Å². The van der Waals surface area contributed by atoms with Crippen LogP contribution in [0.1, 0.15) is 44.6 Å². The second-order valence-corrected chi connectivity index (χ2v) is 6.92. The molecule has 118 valence electrons. The van der Waals surface area contributed by atoms with Crippen molar-refractivity contribution in [1.29, 1.82) is 0 Å². The van der Waals surface area contributed by atoms with Gasteiger partial charge in [0.25, 0.3) is 0 Å². The Morgan fingerprint density at radius 3 is 2.76 bits per heavy atom. The van der Waals surface area contributed by atoms with Crippen molar-refractivity contribution in [3.63, 3.8) is 0 Å². The van der Waals surface area contributed by atoms with E-state index in [1.165, 1.54) is 5.56 Å². The van der Waals surface area contributed by atoms with Crippen molar-refractivity contribution in [2.45, 2.75) is 39.0 Å². The van der Waals surface area contributed by atoms with Crippen molar-refractivity contribution in [2.24, 2.45) is 5.41 Å². The molecule has 1 aromatic heterocycles. The zero-order valence-corrected chi connectivity index (χ0v) is 13.8. The first kappa shape index (κ1) is 16.3. The van der Waals surface area contributed by atoms with E-state index in [1.54, 1.807) is 11.3 Å². The fourth-order valence-electron chi connectivity index (χ4n) is 2.83. The molecule has 4 nitrogen and oxygen atoms in total. The van der Waals surface area contributed by atoms with Gasteiger partial charge in [0.05, 0.1) is 0 Å². The number of piperidine rings is 1. The second-order valence-electron chi connectivity index (χ2n) is 6.14. The number of carbonyl (C=O) groups is 1. The topological polar surface area (TPSA) is 52.6 Å². The minimum Gasteiger partial charge on any atom is -0.396 e. The van der Waals surface area contributed by atoms with Crippen LogP contribution < -0.4 is 5.32 Å². The second kappa shape index (κ2) is 7.27. The number of thiophene rings is 1. The molecule has 0 saturated carbocycles. The summed E-state index contributed by atoms with van der Waals surface area (Å²) in [5, 5.41) is 16.8. The van der Waals surface area contributed by atoms with Crippen LogP contribution in [0.25, 0.3) is 0 Å². The van der Waals surface area contributed by atoms with Gasteiger partial charge in [0.15, 0.2) is 0 Å². The summed E-state index contributed by atoms with van der Waals surface area (Å²) in [4.78, 5) is 14.1. The average molecular weight is 310 g/mol. The molecule has 2 rings (SSSR count). The van der Waals surface area contributed by atoms with Crippen LogP contribution in [0.5, 0.6) is 0 Å². The monoisotopic (exact) mass is 310 g/mol. The Morgan fingerprint density at radius 2 is 2.24 bits per heavy atom. The van der Waals surface area contributed by atoms with Crippen LogP contribution in [0.3, 0.4) is 0 Å². The van der Waals surface area contributed by atoms with Crippen LogP contribution in [0.2, 0.25) is 0 Å². The van der Waals surface area contributed by atoms with Gasteiger partial charge in [0, 0.05) is 26.2 Å². The fraction of sp³-hybridized carbons (Fsp3) is 0.688. The Hall–Kier alpha value is -1.07. The summed E-state index contributed by atoms with van der Waals surface area (Å²) in [6.45, 7) is 6.64. The fourth-order valence-corrected chi connectivity index (χ4v) is 3.62. The molecule has 0 spiro atoms. The minimum atomic E-state index is 0.0275. The Morgan fingerprint density at radius 1 is 1.52 bits per heavy atom. The van der Waals surface area contributed by atoms with Crippen LogP contribution in [-0.2, 0) is 0 Å². The molecule has 0 radical (unpaired) electrons. The summed E-state index contributed by atoms with van der Waals surface area (Å²) in [6, 6.07) is 2.14. The highest BCUT2D eigenvalue weighted by atomic mass is 32.1. The van der Waals surface area contributed by atoms with Gasteiger partial charge in [-0.3, -0.25) is 0 Å². The first-order chi connectivity index (χ1) is 10.1. The molecule has 21 heavy (non-hydrogen) atoms. The summed E-state index contributed by atoms with van der Waals surface area (Å²) < 4.78 is 0. The lowest BCUT2D eigenvalue weighted by Gasteiger charge is -2.40. The van der Waals surface area contributed by atoms with Crippen LogP contribution in [0, 0.1) is 5.41 Å². The van der Waals surface area contributed by atoms with Gasteiger partial charge in [-0.2, -0.15) is 11.3 Å². The predicted molar refractivity (Wildman–Crippen MR) is 86.7 cm³/mol. The summed E-state index contributed by atoms with van der Waals surface area (Å²) in [5.41, 5.74) is 1.31. The maximum atomic E-state index is 12.2. The molecular weight excluding hydrogens is 284 g/mol. The van der Waals surface area contributed by atoms with Crippen LogP contribution in [0.4, 0.5) is 4.79 Å². The van der Waals surface area contributed by atoms with Gasteiger partial charge in [-0.15, -0.1) is 0 Å². The van der Waals surface area contributed by atoms with E-state index in [9.17, 15) is 9.90 Å². The molecule has 1 aliphatic rings. The van der Waals surface area contributed by atoms with E-state index in [0.717, 1.165) is 32.4 Å². The molecule has 0 unspecified atom stereocenters. The summed E-state index contributed by atoms with van der Waals surface area (Å²) >= 11 is 1.69. The Labute approximate surface area is 131 Å². The molecule has 5 heteroatoms. The number of amides is 2. The van der Waals surface area contributed by atoms with Gasteiger partial charge < -0.3 is 15.3 Å². The molecule has 0 aromatic carbocycles. The molecule has 0 aliphatic carbocycles.